The third-order valence-electron chi connectivity index (χ3n) is 12.3. The van der Waals surface area contributed by atoms with Gasteiger partial charge in [0.05, 0.1) is 17.7 Å². The zero-order valence-corrected chi connectivity index (χ0v) is 35.1. The molecular formula is C54H52N4O. The van der Waals surface area contributed by atoms with Gasteiger partial charge >= 0.3 is 0 Å². The summed E-state index contributed by atoms with van der Waals surface area (Å²) < 4.78 is 9.23. The molecule has 0 unspecified atom stereocenters. The van der Waals surface area contributed by atoms with E-state index in [1.807, 2.05) is 6.20 Å². The third-order valence-corrected chi connectivity index (χ3v) is 12.3. The van der Waals surface area contributed by atoms with Crippen molar-refractivity contribution in [1.82, 2.24) is 9.55 Å². The van der Waals surface area contributed by atoms with Crippen molar-refractivity contribution in [2.24, 2.45) is 0 Å². The normalized spacial score (nSPS) is 13.5. The van der Waals surface area contributed by atoms with E-state index < -0.39 is 0 Å². The molecule has 0 saturated carbocycles. The first-order chi connectivity index (χ1) is 28.4. The second kappa shape index (κ2) is 14.7. The Bertz CT molecular complexity index is 2830. The lowest BCUT2D eigenvalue weighted by atomic mass is 9.78. The number of ether oxygens (including phenoxy) is 1. The molecule has 59 heavy (non-hydrogen) atoms. The van der Waals surface area contributed by atoms with Crippen LogP contribution in [0, 0.1) is 0 Å². The quantitative estimate of drug-likeness (QED) is 0.146. The number of nitrogens with zero attached hydrogens (tertiary/aromatic N) is 4. The lowest BCUT2D eigenvalue weighted by Gasteiger charge is -2.29. The van der Waals surface area contributed by atoms with Gasteiger partial charge in [0, 0.05) is 63.7 Å². The predicted molar refractivity (Wildman–Crippen MR) is 246 cm³/mol. The number of pyridine rings is 1. The average molecular weight is 773 g/mol. The lowest BCUT2D eigenvalue weighted by molar-refractivity contribution is 0.480. The molecule has 0 bridgehead atoms. The zero-order valence-electron chi connectivity index (χ0n) is 35.1. The molecular weight excluding hydrogens is 721 g/mol. The third kappa shape index (κ3) is 7.16. The van der Waals surface area contributed by atoms with Crippen molar-refractivity contribution in [3.8, 4) is 17.3 Å². The molecule has 0 N–H and O–H groups in total. The van der Waals surface area contributed by atoms with Gasteiger partial charge in [-0.15, -0.1) is 0 Å². The van der Waals surface area contributed by atoms with Crippen molar-refractivity contribution in [3.63, 3.8) is 0 Å². The van der Waals surface area contributed by atoms with Crippen LogP contribution in [0.4, 0.5) is 11.4 Å². The van der Waals surface area contributed by atoms with Crippen LogP contribution in [0.3, 0.4) is 0 Å². The van der Waals surface area contributed by atoms with Crippen LogP contribution in [0.2, 0.25) is 0 Å². The fourth-order valence-corrected chi connectivity index (χ4v) is 8.44. The number of hydrogen-bond donors (Lipinski definition) is 0. The summed E-state index contributed by atoms with van der Waals surface area (Å²) in [7, 11) is 0. The van der Waals surface area contributed by atoms with E-state index in [1.165, 1.54) is 38.9 Å². The summed E-state index contributed by atoms with van der Waals surface area (Å²) in [6.07, 6.45) is 6.29. The van der Waals surface area contributed by atoms with Crippen molar-refractivity contribution < 1.29 is 4.74 Å². The van der Waals surface area contributed by atoms with Crippen molar-refractivity contribution in [2.75, 3.05) is 16.5 Å². The molecule has 0 fully saturated rings. The van der Waals surface area contributed by atoms with Gasteiger partial charge in [0.25, 0.3) is 0 Å². The average Bonchev–Trinajstić information content (AvgIpc) is 3.88. The van der Waals surface area contributed by atoms with Gasteiger partial charge in [-0.25, -0.2) is 4.98 Å². The SMILES string of the molecule is CC(C)(C)c1cccc(N2C=CN(c3cc(Oc4ccc5c6ccccc6n(-c6cc(C(C)(C)c7ccccc7)ccn6)c5c4)cc(C(C)(C)c4ccccc4)c3)C2)c1. The van der Waals surface area contributed by atoms with E-state index in [2.05, 4.69) is 233 Å². The molecule has 0 radical (unpaired) electrons. The Morgan fingerprint density at radius 3 is 1.78 bits per heavy atom. The maximum atomic E-state index is 6.95. The monoisotopic (exact) mass is 772 g/mol. The van der Waals surface area contributed by atoms with Gasteiger partial charge in [0.15, 0.2) is 0 Å². The summed E-state index contributed by atoms with van der Waals surface area (Å²) in [6.45, 7) is 16.6. The van der Waals surface area contributed by atoms with E-state index in [4.69, 9.17) is 9.72 Å². The molecule has 3 heterocycles. The Labute approximate surface area is 348 Å². The number of anilines is 2. The van der Waals surface area contributed by atoms with Gasteiger partial charge < -0.3 is 14.5 Å². The first-order valence-electron chi connectivity index (χ1n) is 20.6. The minimum Gasteiger partial charge on any atom is -0.457 e. The van der Waals surface area contributed by atoms with Crippen LogP contribution in [0.25, 0.3) is 27.6 Å². The van der Waals surface area contributed by atoms with E-state index in [-0.39, 0.29) is 16.2 Å². The summed E-state index contributed by atoms with van der Waals surface area (Å²) in [6, 6.07) is 56.4. The molecule has 0 spiro atoms. The molecule has 0 saturated heterocycles. The molecule has 2 aromatic heterocycles. The molecule has 294 valence electrons. The first-order valence-corrected chi connectivity index (χ1v) is 20.6. The number of aromatic nitrogens is 2. The predicted octanol–water partition coefficient (Wildman–Crippen LogP) is 13.7. The van der Waals surface area contributed by atoms with Gasteiger partial charge in [0.2, 0.25) is 0 Å². The zero-order chi connectivity index (χ0) is 40.9. The molecule has 5 nitrogen and oxygen atoms in total. The van der Waals surface area contributed by atoms with Crippen molar-refractivity contribution in [2.45, 2.75) is 64.7 Å². The highest BCUT2D eigenvalue weighted by Gasteiger charge is 2.28. The molecule has 5 heteroatoms. The first kappa shape index (κ1) is 38.0. The second-order valence-electron chi connectivity index (χ2n) is 17.9. The fourth-order valence-electron chi connectivity index (χ4n) is 8.44. The van der Waals surface area contributed by atoms with Crippen LogP contribution >= 0.6 is 0 Å². The van der Waals surface area contributed by atoms with Crippen LogP contribution in [0.5, 0.6) is 11.5 Å². The molecule has 9 rings (SSSR count). The van der Waals surface area contributed by atoms with Crippen LogP contribution in [-0.2, 0) is 16.2 Å². The summed E-state index contributed by atoms with van der Waals surface area (Å²) in [5.74, 6) is 2.43. The lowest BCUT2D eigenvalue weighted by Crippen LogP contribution is -2.26. The number of benzene rings is 6. The number of hydrogen-bond acceptors (Lipinski definition) is 4. The fraction of sp³-hybridized carbons (Fsp3) is 0.204. The summed E-state index contributed by atoms with van der Waals surface area (Å²) in [5, 5.41) is 2.33. The minimum absolute atomic E-state index is 0.0694. The van der Waals surface area contributed by atoms with Gasteiger partial charge in [-0.2, -0.15) is 0 Å². The maximum absolute atomic E-state index is 6.95. The second-order valence-corrected chi connectivity index (χ2v) is 17.9. The summed E-state index contributed by atoms with van der Waals surface area (Å²) in [5.41, 5.74) is 10.2. The minimum atomic E-state index is -0.278. The number of rotatable bonds is 9. The Hall–Kier alpha value is -6.59. The highest BCUT2D eigenvalue weighted by atomic mass is 16.5. The molecule has 1 aliphatic rings. The highest BCUT2D eigenvalue weighted by molar-refractivity contribution is 6.09. The highest BCUT2D eigenvalue weighted by Crippen LogP contribution is 2.41. The van der Waals surface area contributed by atoms with Crippen LogP contribution in [0.1, 0.15) is 76.3 Å². The van der Waals surface area contributed by atoms with Crippen LogP contribution in [-0.4, -0.2) is 16.2 Å². The van der Waals surface area contributed by atoms with Crippen molar-refractivity contribution in [1.29, 1.82) is 0 Å². The topological polar surface area (TPSA) is 33.5 Å². The van der Waals surface area contributed by atoms with E-state index in [9.17, 15) is 0 Å². The van der Waals surface area contributed by atoms with Crippen molar-refractivity contribution in [3.05, 3.63) is 204 Å². The Balaban J connectivity index is 1.11. The van der Waals surface area contributed by atoms with Gasteiger partial charge in [0.1, 0.15) is 17.3 Å². The van der Waals surface area contributed by atoms with E-state index in [0.29, 0.717) is 6.67 Å². The smallest absolute Gasteiger partial charge is 0.137 e. The maximum Gasteiger partial charge on any atom is 0.137 e. The standard InChI is InChI=1S/C54H52N4O/c1-52(2,3)40-21-16-22-43(31-40)56-29-30-57(37-56)44-32-42(54(6,7)39-19-12-9-13-20-39)33-46(35-44)59-45-25-26-48-47-23-14-15-24-49(47)58(50(48)36-45)51-34-41(27-28-55-51)53(4,5)38-17-10-8-11-18-38/h8-36H,37H2,1-7H3. The molecule has 0 amide bonds. The van der Waals surface area contributed by atoms with E-state index >= 15 is 0 Å². The Morgan fingerprint density at radius 1 is 0.458 bits per heavy atom. The summed E-state index contributed by atoms with van der Waals surface area (Å²) in [4.78, 5) is 9.59. The van der Waals surface area contributed by atoms with Crippen LogP contribution < -0.4 is 14.5 Å². The van der Waals surface area contributed by atoms with E-state index in [1.54, 1.807) is 0 Å². The number of para-hydroxylation sites is 1. The number of fused-ring (bicyclic) bond motifs is 3. The van der Waals surface area contributed by atoms with Gasteiger partial charge in [-0.05, 0) is 87.8 Å². The molecule has 6 aromatic carbocycles. The Kier molecular flexibility index (Phi) is 9.43. The van der Waals surface area contributed by atoms with Crippen molar-refractivity contribution >= 4 is 33.2 Å². The molecule has 0 atom stereocenters. The van der Waals surface area contributed by atoms with Gasteiger partial charge in [-0.3, -0.25) is 4.57 Å². The van der Waals surface area contributed by atoms with Crippen LogP contribution in [0.15, 0.2) is 176 Å². The van der Waals surface area contributed by atoms with Gasteiger partial charge in [-0.1, -0.05) is 139 Å². The largest absolute Gasteiger partial charge is 0.457 e. The summed E-state index contributed by atoms with van der Waals surface area (Å²) >= 11 is 0. The Morgan fingerprint density at radius 2 is 1.07 bits per heavy atom. The molecule has 1 aliphatic heterocycles. The molecule has 0 aliphatic carbocycles. The van der Waals surface area contributed by atoms with E-state index in [0.717, 1.165) is 39.4 Å². The molecule has 8 aromatic rings.